The summed E-state index contributed by atoms with van der Waals surface area (Å²) in [6.45, 7) is 5.37. The number of aliphatic imine (C=N–C) groups is 1. The second-order valence-corrected chi connectivity index (χ2v) is 9.73. The van der Waals surface area contributed by atoms with E-state index in [4.69, 9.17) is 16.3 Å². The number of imidazole rings is 1. The Bertz CT molecular complexity index is 1780. The molecule has 6 rings (SSSR count). The lowest BCUT2D eigenvalue weighted by Gasteiger charge is -2.19. The Balaban J connectivity index is 1.37. The van der Waals surface area contributed by atoms with Gasteiger partial charge in [0.25, 0.3) is 5.91 Å². The largest absolute Gasteiger partial charge is 0.495 e. The smallest absolute Gasteiger partial charge is 0.268 e. The van der Waals surface area contributed by atoms with Gasteiger partial charge < -0.3 is 15.4 Å². The summed E-state index contributed by atoms with van der Waals surface area (Å²) in [6.07, 6.45) is 8.45. The number of anilines is 2. The van der Waals surface area contributed by atoms with Crippen LogP contribution in [0, 0.1) is 0 Å². The standard InChI is InChI=1S/C26H26ClN11O2/c1-4-38-23-17(12-33-38)21-16(11-29-23)24(36-35-22(21)28-10-15-5-6-19(40-3)18(27)9-15)37-13-20(30-14-37)34-25(39)26(2)31-7-8-32-26/h5-7,9,11-14,32H,4,8,10H2,1-3H3,(H,28,35)(H,34,39). The van der Waals surface area contributed by atoms with Gasteiger partial charge in [-0.25, -0.2) is 14.6 Å². The van der Waals surface area contributed by atoms with Crippen LogP contribution < -0.4 is 20.7 Å². The van der Waals surface area contributed by atoms with Crippen LogP contribution in [0.5, 0.6) is 5.75 Å². The van der Waals surface area contributed by atoms with Crippen LogP contribution in [-0.2, 0) is 17.9 Å². The third kappa shape index (κ3) is 4.48. The summed E-state index contributed by atoms with van der Waals surface area (Å²) in [6, 6.07) is 5.60. The normalized spacial score (nSPS) is 16.6. The molecule has 0 aliphatic carbocycles. The highest BCUT2D eigenvalue weighted by Gasteiger charge is 2.34. The van der Waals surface area contributed by atoms with Crippen LogP contribution in [0.2, 0.25) is 5.02 Å². The predicted octanol–water partition coefficient (Wildman–Crippen LogP) is 3.18. The number of hydrogen-bond donors (Lipinski definition) is 3. The second-order valence-electron chi connectivity index (χ2n) is 9.32. The van der Waals surface area contributed by atoms with Crippen LogP contribution in [0.25, 0.3) is 27.6 Å². The second kappa shape index (κ2) is 10.2. The number of pyridine rings is 1. The molecule has 0 radical (unpaired) electrons. The van der Waals surface area contributed by atoms with Crippen LogP contribution in [-0.4, -0.2) is 66.0 Å². The minimum absolute atomic E-state index is 0.309. The highest BCUT2D eigenvalue weighted by molar-refractivity contribution is 6.32. The maximum absolute atomic E-state index is 12.8. The Morgan fingerprint density at radius 2 is 2.10 bits per heavy atom. The topological polar surface area (TPSA) is 149 Å². The van der Waals surface area contributed by atoms with E-state index in [1.807, 2.05) is 29.8 Å². The number of carbonyl (C=O) groups excluding carboxylic acids is 1. The fraction of sp³-hybridized carbons (Fsp3) is 0.269. The molecule has 0 saturated carbocycles. The molecular formula is C26H26ClN11O2. The number of aryl methyl sites for hydroxylation is 1. The van der Waals surface area contributed by atoms with Crippen molar-refractivity contribution in [2.75, 3.05) is 24.3 Å². The van der Waals surface area contributed by atoms with Gasteiger partial charge in [0.05, 0.1) is 29.9 Å². The van der Waals surface area contributed by atoms with Gasteiger partial charge in [-0.05, 0) is 31.5 Å². The van der Waals surface area contributed by atoms with Crippen molar-refractivity contribution < 1.29 is 9.53 Å². The van der Waals surface area contributed by atoms with Crippen molar-refractivity contribution in [2.24, 2.45) is 4.99 Å². The lowest BCUT2D eigenvalue weighted by Crippen LogP contribution is -2.47. The summed E-state index contributed by atoms with van der Waals surface area (Å²) < 4.78 is 8.78. The Morgan fingerprint density at radius 1 is 1.23 bits per heavy atom. The maximum Gasteiger partial charge on any atom is 0.268 e. The maximum atomic E-state index is 12.8. The molecule has 1 unspecified atom stereocenters. The number of benzene rings is 1. The van der Waals surface area contributed by atoms with E-state index in [9.17, 15) is 4.79 Å². The van der Waals surface area contributed by atoms with E-state index < -0.39 is 5.66 Å². The zero-order valence-corrected chi connectivity index (χ0v) is 22.8. The zero-order chi connectivity index (χ0) is 27.9. The number of nitrogens with zero attached hydrogens (tertiary/aromatic N) is 8. The fourth-order valence-corrected chi connectivity index (χ4v) is 4.88. The van der Waals surface area contributed by atoms with E-state index in [0.717, 1.165) is 27.4 Å². The van der Waals surface area contributed by atoms with Crippen LogP contribution in [0.4, 0.5) is 11.6 Å². The number of aromatic nitrogens is 7. The van der Waals surface area contributed by atoms with Gasteiger partial charge in [-0.15, -0.1) is 10.2 Å². The average Bonchev–Trinajstić information content (AvgIpc) is 3.72. The molecule has 3 N–H and O–H groups in total. The van der Waals surface area contributed by atoms with Crippen molar-refractivity contribution in [1.82, 2.24) is 39.8 Å². The van der Waals surface area contributed by atoms with E-state index in [1.165, 1.54) is 0 Å². The molecule has 1 aromatic carbocycles. The first-order valence-corrected chi connectivity index (χ1v) is 13.0. The van der Waals surface area contributed by atoms with E-state index in [1.54, 1.807) is 49.7 Å². The molecule has 14 heteroatoms. The summed E-state index contributed by atoms with van der Waals surface area (Å²) in [5.41, 5.74) is 0.650. The summed E-state index contributed by atoms with van der Waals surface area (Å²) in [5, 5.41) is 25.7. The monoisotopic (exact) mass is 559 g/mol. The molecule has 13 nitrogen and oxygen atoms in total. The molecule has 0 saturated heterocycles. The van der Waals surface area contributed by atoms with Crippen LogP contribution in [0.1, 0.15) is 19.4 Å². The van der Waals surface area contributed by atoms with Gasteiger partial charge in [0, 0.05) is 42.8 Å². The van der Waals surface area contributed by atoms with Gasteiger partial charge in [0.1, 0.15) is 12.1 Å². The highest BCUT2D eigenvalue weighted by Crippen LogP contribution is 2.32. The van der Waals surface area contributed by atoms with Crippen molar-refractivity contribution in [3.05, 3.63) is 53.7 Å². The summed E-state index contributed by atoms with van der Waals surface area (Å²) in [4.78, 5) is 26.0. The molecule has 40 heavy (non-hydrogen) atoms. The third-order valence-corrected chi connectivity index (χ3v) is 7.06. The molecule has 1 aliphatic rings. The van der Waals surface area contributed by atoms with Gasteiger partial charge in [-0.2, -0.15) is 5.10 Å². The number of carbonyl (C=O) groups is 1. The number of rotatable bonds is 8. The van der Waals surface area contributed by atoms with Crippen molar-refractivity contribution in [3.8, 4) is 11.6 Å². The predicted molar refractivity (Wildman–Crippen MR) is 152 cm³/mol. The van der Waals surface area contributed by atoms with E-state index in [0.29, 0.717) is 47.9 Å². The first kappa shape index (κ1) is 25.6. The molecule has 0 fully saturated rings. The molecule has 4 aromatic heterocycles. The van der Waals surface area contributed by atoms with E-state index in [2.05, 4.69) is 46.2 Å². The zero-order valence-electron chi connectivity index (χ0n) is 22.0. The Labute approximate surface area is 233 Å². The number of hydrogen-bond acceptors (Lipinski definition) is 10. The molecule has 1 amide bonds. The highest BCUT2D eigenvalue weighted by atomic mass is 35.5. The minimum Gasteiger partial charge on any atom is -0.495 e. The van der Waals surface area contributed by atoms with Crippen molar-refractivity contribution >= 4 is 57.2 Å². The molecule has 5 aromatic rings. The third-order valence-electron chi connectivity index (χ3n) is 6.76. The van der Waals surface area contributed by atoms with Crippen molar-refractivity contribution in [1.29, 1.82) is 0 Å². The number of ether oxygens (including phenoxy) is 1. The molecule has 1 atom stereocenters. The minimum atomic E-state index is -1.04. The fourth-order valence-electron chi connectivity index (χ4n) is 4.60. The molecule has 0 spiro atoms. The van der Waals surface area contributed by atoms with Gasteiger partial charge in [-0.1, -0.05) is 17.7 Å². The van der Waals surface area contributed by atoms with Gasteiger partial charge in [-0.3, -0.25) is 19.7 Å². The first-order valence-electron chi connectivity index (χ1n) is 12.6. The first-order chi connectivity index (χ1) is 19.4. The Morgan fingerprint density at radius 3 is 2.85 bits per heavy atom. The number of nitrogens with one attached hydrogen (secondary N) is 3. The lowest BCUT2D eigenvalue weighted by molar-refractivity contribution is -0.121. The molecule has 0 bridgehead atoms. The van der Waals surface area contributed by atoms with Crippen LogP contribution in [0.15, 0.2) is 48.1 Å². The Hall–Kier alpha value is -4.62. The molecule has 5 heterocycles. The van der Waals surface area contributed by atoms with E-state index >= 15 is 0 Å². The summed E-state index contributed by atoms with van der Waals surface area (Å²) >= 11 is 6.32. The van der Waals surface area contributed by atoms with Crippen LogP contribution >= 0.6 is 11.6 Å². The van der Waals surface area contributed by atoms with Crippen molar-refractivity contribution in [3.63, 3.8) is 0 Å². The number of fused-ring (bicyclic) bond motifs is 3. The molecule has 204 valence electrons. The van der Waals surface area contributed by atoms with Crippen LogP contribution in [0.3, 0.4) is 0 Å². The number of amides is 1. The quantitative estimate of drug-likeness (QED) is 0.260. The van der Waals surface area contributed by atoms with E-state index in [-0.39, 0.29) is 5.91 Å². The Kier molecular flexibility index (Phi) is 6.52. The summed E-state index contributed by atoms with van der Waals surface area (Å²) in [7, 11) is 1.58. The molecule has 1 aliphatic heterocycles. The number of methoxy groups -OCH3 is 1. The SMILES string of the molecule is CCn1ncc2c3c(NCc4ccc(OC)c(Cl)c4)nnc(-n4cnc(NC(=O)C5(C)N=CCN5)c4)c3cnc21. The summed E-state index contributed by atoms with van der Waals surface area (Å²) in [5.74, 6) is 1.73. The number of halogens is 1. The lowest BCUT2D eigenvalue weighted by atomic mass is 10.1. The van der Waals surface area contributed by atoms with Gasteiger partial charge in [0.2, 0.25) is 0 Å². The van der Waals surface area contributed by atoms with Crippen molar-refractivity contribution in [2.45, 2.75) is 32.6 Å². The van der Waals surface area contributed by atoms with Gasteiger partial charge in [0.15, 0.2) is 28.8 Å². The molecular weight excluding hydrogens is 534 g/mol. The van der Waals surface area contributed by atoms with Gasteiger partial charge >= 0.3 is 0 Å². The average molecular weight is 560 g/mol.